The molecular formula is C18H22N2O5. The van der Waals surface area contributed by atoms with Gasteiger partial charge in [0.05, 0.1) is 11.8 Å². The van der Waals surface area contributed by atoms with Crippen LogP contribution in [0, 0.1) is 11.8 Å². The third kappa shape index (κ3) is 2.50. The van der Waals surface area contributed by atoms with Crippen molar-refractivity contribution in [2.24, 2.45) is 11.8 Å². The van der Waals surface area contributed by atoms with Gasteiger partial charge in [-0.05, 0) is 19.4 Å². The summed E-state index contributed by atoms with van der Waals surface area (Å²) in [5.41, 5.74) is -1.13. The number of carbonyl (C=O) groups is 3. The van der Waals surface area contributed by atoms with E-state index in [1.165, 1.54) is 17.9 Å². The molecular weight excluding hydrogens is 324 g/mol. The molecule has 4 atom stereocenters. The molecule has 134 valence electrons. The summed E-state index contributed by atoms with van der Waals surface area (Å²) >= 11 is 0. The molecule has 0 aliphatic carbocycles. The molecule has 2 fully saturated rings. The van der Waals surface area contributed by atoms with E-state index in [1.807, 2.05) is 6.92 Å². The second-order valence-corrected chi connectivity index (χ2v) is 6.87. The van der Waals surface area contributed by atoms with E-state index in [-0.39, 0.29) is 11.7 Å². The van der Waals surface area contributed by atoms with Crippen LogP contribution in [0.3, 0.4) is 0 Å². The number of carbonyl (C=O) groups excluding carboxylic acids is 2. The van der Waals surface area contributed by atoms with Crippen LogP contribution < -0.4 is 5.32 Å². The van der Waals surface area contributed by atoms with Gasteiger partial charge in [0.1, 0.15) is 11.3 Å². The summed E-state index contributed by atoms with van der Waals surface area (Å²) in [6.07, 6.45) is 1.50. The molecule has 1 aromatic carbocycles. The van der Waals surface area contributed by atoms with Gasteiger partial charge in [0.25, 0.3) is 0 Å². The van der Waals surface area contributed by atoms with E-state index in [1.54, 1.807) is 18.2 Å². The number of unbranched alkanes of at least 4 members (excludes halogenated alkanes) is 1. The Morgan fingerprint density at radius 1 is 1.28 bits per heavy atom. The molecule has 2 aliphatic rings. The molecule has 7 nitrogen and oxygen atoms in total. The van der Waals surface area contributed by atoms with Crippen molar-refractivity contribution in [3.63, 3.8) is 0 Å². The number of benzene rings is 1. The van der Waals surface area contributed by atoms with E-state index in [0.717, 1.165) is 6.42 Å². The molecule has 3 N–H and O–H groups in total. The zero-order valence-electron chi connectivity index (χ0n) is 14.2. The number of hydrogen-bond acceptors (Lipinski definition) is 5. The molecule has 2 heterocycles. The smallest absolute Gasteiger partial charge is 0.324 e. The number of likely N-dealkylation sites (tertiary alicyclic amines) is 1. The molecule has 0 spiro atoms. The summed E-state index contributed by atoms with van der Waals surface area (Å²) < 4.78 is 0. The highest BCUT2D eigenvalue weighted by atomic mass is 16.4. The Hall–Kier alpha value is -2.41. The van der Waals surface area contributed by atoms with Gasteiger partial charge in [-0.1, -0.05) is 31.5 Å². The number of amides is 2. The lowest BCUT2D eigenvalue weighted by molar-refractivity contribution is -0.150. The number of phenols is 1. The fourth-order valence-corrected chi connectivity index (χ4v) is 3.95. The Balaban J connectivity index is 2.06. The van der Waals surface area contributed by atoms with E-state index in [4.69, 9.17) is 0 Å². The number of aromatic hydroxyl groups is 1. The van der Waals surface area contributed by atoms with Crippen molar-refractivity contribution in [1.82, 2.24) is 10.2 Å². The number of imide groups is 1. The average molecular weight is 346 g/mol. The minimum Gasteiger partial charge on any atom is -0.508 e. The third-order valence-corrected chi connectivity index (χ3v) is 5.33. The predicted molar refractivity (Wildman–Crippen MR) is 88.6 cm³/mol. The standard InChI is InChI=1S/C18H22N2O5/c1-3-4-9-20-15(22)12-13(16(20)23)18(2,17(24)25)19-14(12)10-7-5-6-8-11(10)21/h5-8,12-14,19,21H,3-4,9H2,1-2H3,(H,24,25)/t12-,13+,14-,18-/m0/s1. The van der Waals surface area contributed by atoms with Gasteiger partial charge in [-0.2, -0.15) is 0 Å². The van der Waals surface area contributed by atoms with Crippen molar-refractivity contribution in [1.29, 1.82) is 0 Å². The van der Waals surface area contributed by atoms with Gasteiger partial charge in [-0.15, -0.1) is 0 Å². The SMILES string of the molecule is CCCCN1C(=O)[C@@H]2[C@H](c3ccccc3O)N[C@](C)(C(=O)O)[C@H]2C1=O. The first-order chi connectivity index (χ1) is 11.8. The van der Waals surface area contributed by atoms with Crippen molar-refractivity contribution in [2.45, 2.75) is 38.3 Å². The molecule has 0 radical (unpaired) electrons. The number of carboxylic acid groups (broad SMARTS) is 1. The Kier molecular flexibility index (Phi) is 4.28. The molecule has 2 saturated heterocycles. The quantitative estimate of drug-likeness (QED) is 0.694. The van der Waals surface area contributed by atoms with E-state index in [2.05, 4.69) is 5.32 Å². The van der Waals surface area contributed by atoms with Crippen molar-refractivity contribution >= 4 is 17.8 Å². The normalized spacial score (nSPS) is 31.4. The number of aliphatic carboxylic acids is 1. The van der Waals surface area contributed by atoms with Gasteiger partial charge in [-0.3, -0.25) is 24.6 Å². The largest absolute Gasteiger partial charge is 0.508 e. The van der Waals surface area contributed by atoms with Crippen LogP contribution in [0.1, 0.15) is 38.3 Å². The summed E-state index contributed by atoms with van der Waals surface area (Å²) in [4.78, 5) is 38.8. The number of nitrogens with one attached hydrogen (secondary N) is 1. The van der Waals surface area contributed by atoms with Crippen LogP contribution in [0.2, 0.25) is 0 Å². The fraction of sp³-hybridized carbons (Fsp3) is 0.500. The molecule has 1 aromatic rings. The number of hydrogen-bond donors (Lipinski definition) is 3. The molecule has 0 unspecified atom stereocenters. The number of para-hydroxylation sites is 1. The van der Waals surface area contributed by atoms with E-state index >= 15 is 0 Å². The highest BCUT2D eigenvalue weighted by molar-refractivity contribution is 6.09. The number of fused-ring (bicyclic) bond motifs is 1. The zero-order chi connectivity index (χ0) is 18.4. The maximum absolute atomic E-state index is 12.9. The van der Waals surface area contributed by atoms with Gasteiger partial charge in [0.15, 0.2) is 0 Å². The second kappa shape index (κ2) is 6.15. The van der Waals surface area contributed by atoms with Crippen LogP contribution in [0.4, 0.5) is 0 Å². The molecule has 0 saturated carbocycles. The zero-order valence-corrected chi connectivity index (χ0v) is 14.2. The maximum Gasteiger partial charge on any atom is 0.324 e. The number of nitrogens with zero attached hydrogens (tertiary/aromatic N) is 1. The van der Waals surface area contributed by atoms with E-state index in [0.29, 0.717) is 18.5 Å². The number of carboxylic acids is 1. The highest BCUT2D eigenvalue weighted by Gasteiger charge is 2.66. The number of phenolic OH excluding ortho intramolecular Hbond substituents is 1. The van der Waals surface area contributed by atoms with Crippen molar-refractivity contribution < 1.29 is 24.6 Å². The van der Waals surface area contributed by atoms with Crippen LogP contribution in [0.15, 0.2) is 24.3 Å². The van der Waals surface area contributed by atoms with Crippen LogP contribution in [-0.4, -0.2) is 45.0 Å². The number of rotatable bonds is 5. The van der Waals surface area contributed by atoms with Crippen molar-refractivity contribution in [3.05, 3.63) is 29.8 Å². The third-order valence-electron chi connectivity index (χ3n) is 5.33. The van der Waals surface area contributed by atoms with Gasteiger partial charge in [0.2, 0.25) is 11.8 Å². The van der Waals surface area contributed by atoms with Crippen LogP contribution in [0.5, 0.6) is 5.75 Å². The summed E-state index contributed by atoms with van der Waals surface area (Å²) in [5, 5.41) is 22.8. The van der Waals surface area contributed by atoms with Gasteiger partial charge in [-0.25, -0.2) is 0 Å². The van der Waals surface area contributed by atoms with E-state index in [9.17, 15) is 24.6 Å². The maximum atomic E-state index is 12.9. The average Bonchev–Trinajstić information content (AvgIpc) is 3.02. The fourth-order valence-electron chi connectivity index (χ4n) is 3.95. The molecule has 0 aromatic heterocycles. The van der Waals surface area contributed by atoms with E-state index < -0.39 is 35.3 Å². The Bertz CT molecular complexity index is 734. The molecule has 7 heteroatoms. The molecule has 2 aliphatic heterocycles. The summed E-state index contributed by atoms with van der Waals surface area (Å²) in [7, 11) is 0. The summed E-state index contributed by atoms with van der Waals surface area (Å²) in [6, 6.07) is 5.76. The molecule has 0 bridgehead atoms. The minimum absolute atomic E-state index is 0.0272. The van der Waals surface area contributed by atoms with Crippen LogP contribution in [0.25, 0.3) is 0 Å². The minimum atomic E-state index is -1.56. The monoisotopic (exact) mass is 346 g/mol. The topological polar surface area (TPSA) is 107 Å². The lowest BCUT2D eigenvalue weighted by Gasteiger charge is -2.27. The van der Waals surface area contributed by atoms with Gasteiger partial charge < -0.3 is 10.2 Å². The van der Waals surface area contributed by atoms with Crippen LogP contribution in [-0.2, 0) is 14.4 Å². The second-order valence-electron chi connectivity index (χ2n) is 6.87. The molecule has 3 rings (SSSR count). The molecule has 2 amide bonds. The van der Waals surface area contributed by atoms with Crippen LogP contribution >= 0.6 is 0 Å². The van der Waals surface area contributed by atoms with Crippen molar-refractivity contribution in [2.75, 3.05) is 6.54 Å². The highest BCUT2D eigenvalue weighted by Crippen LogP contribution is 2.50. The summed E-state index contributed by atoms with van der Waals surface area (Å²) in [5.74, 6) is -3.84. The first-order valence-electron chi connectivity index (χ1n) is 8.47. The Morgan fingerprint density at radius 3 is 2.56 bits per heavy atom. The van der Waals surface area contributed by atoms with Gasteiger partial charge in [0, 0.05) is 18.2 Å². The van der Waals surface area contributed by atoms with Gasteiger partial charge >= 0.3 is 5.97 Å². The lowest BCUT2D eigenvalue weighted by Crippen LogP contribution is -2.53. The molecule has 25 heavy (non-hydrogen) atoms. The Labute approximate surface area is 145 Å². The predicted octanol–water partition coefficient (Wildman–Crippen LogP) is 1.28. The first-order valence-corrected chi connectivity index (χ1v) is 8.47. The Morgan fingerprint density at radius 2 is 1.96 bits per heavy atom. The lowest BCUT2D eigenvalue weighted by atomic mass is 9.80. The van der Waals surface area contributed by atoms with Crippen molar-refractivity contribution in [3.8, 4) is 5.75 Å². The first kappa shape index (κ1) is 17.4. The summed E-state index contributed by atoms with van der Waals surface area (Å²) in [6.45, 7) is 3.69.